The maximum Gasteiger partial charge on any atom is 0.251 e. The monoisotopic (exact) mass is 519 g/mol. The maximum absolute atomic E-state index is 12.6. The molecule has 9 heteroatoms. The van der Waals surface area contributed by atoms with Gasteiger partial charge in [0.05, 0.1) is 31.5 Å². The van der Waals surface area contributed by atoms with Gasteiger partial charge in [0.2, 0.25) is 0 Å². The SMILES string of the molecule is CCSCCCO[C@]1(CO)C[C@H](O)C[C@H]([C@H](O)C(O)CNC(=O)c2ccc(-c3ccccc3)cc2)O1. The quantitative estimate of drug-likeness (QED) is 0.255. The van der Waals surface area contributed by atoms with Gasteiger partial charge < -0.3 is 35.2 Å². The summed E-state index contributed by atoms with van der Waals surface area (Å²) in [4.78, 5) is 12.6. The summed E-state index contributed by atoms with van der Waals surface area (Å²) in [5, 5.41) is 44.1. The number of rotatable bonds is 13. The molecule has 0 spiro atoms. The summed E-state index contributed by atoms with van der Waals surface area (Å²) in [5.74, 6) is 0.0783. The second-order valence-electron chi connectivity index (χ2n) is 8.93. The number of ether oxygens (including phenoxy) is 2. The molecule has 36 heavy (non-hydrogen) atoms. The molecule has 0 saturated carbocycles. The van der Waals surface area contributed by atoms with Gasteiger partial charge in [0.15, 0.2) is 5.79 Å². The van der Waals surface area contributed by atoms with Gasteiger partial charge in [0, 0.05) is 24.9 Å². The average Bonchev–Trinajstić information content (AvgIpc) is 2.91. The summed E-state index contributed by atoms with van der Waals surface area (Å²) < 4.78 is 11.7. The number of amides is 1. The van der Waals surface area contributed by atoms with Crippen molar-refractivity contribution >= 4 is 17.7 Å². The normalized spacial score (nSPS) is 23.7. The van der Waals surface area contributed by atoms with Crippen molar-refractivity contribution in [1.82, 2.24) is 5.32 Å². The molecule has 2 aromatic carbocycles. The Morgan fingerprint density at radius 2 is 1.86 bits per heavy atom. The molecule has 1 unspecified atom stereocenters. The topological polar surface area (TPSA) is 128 Å². The minimum Gasteiger partial charge on any atom is -0.393 e. The first-order valence-electron chi connectivity index (χ1n) is 12.4. The number of aliphatic hydroxyl groups is 4. The van der Waals surface area contributed by atoms with Gasteiger partial charge in [-0.05, 0) is 41.2 Å². The molecule has 198 valence electrons. The van der Waals surface area contributed by atoms with Crippen molar-refractivity contribution in [3.05, 3.63) is 60.2 Å². The highest BCUT2D eigenvalue weighted by Gasteiger charge is 2.45. The summed E-state index contributed by atoms with van der Waals surface area (Å²) in [5.41, 5.74) is 2.45. The molecule has 3 rings (SSSR count). The first-order chi connectivity index (χ1) is 17.4. The van der Waals surface area contributed by atoms with Gasteiger partial charge in [0.25, 0.3) is 5.91 Å². The molecule has 0 bridgehead atoms. The van der Waals surface area contributed by atoms with Crippen molar-refractivity contribution in [2.24, 2.45) is 0 Å². The fourth-order valence-electron chi connectivity index (χ4n) is 4.21. The number of thioether (sulfide) groups is 1. The van der Waals surface area contributed by atoms with E-state index in [4.69, 9.17) is 9.47 Å². The van der Waals surface area contributed by atoms with E-state index in [1.165, 1.54) is 0 Å². The summed E-state index contributed by atoms with van der Waals surface area (Å²) >= 11 is 1.78. The fourth-order valence-corrected chi connectivity index (χ4v) is 4.82. The molecular weight excluding hydrogens is 482 g/mol. The standard InChI is InChI=1S/C27H37NO7S/c1-2-36-14-6-13-34-27(18-29)16-22(30)15-24(35-27)25(32)23(31)17-28-26(33)21-11-9-20(10-12-21)19-7-4-3-5-8-19/h3-5,7-12,22-25,29-32H,2,6,13-18H2,1H3,(H,28,33)/t22-,23?,24-,25-,27-/m1/s1. The minimum atomic E-state index is -1.44. The molecule has 1 fully saturated rings. The molecule has 5 N–H and O–H groups in total. The van der Waals surface area contributed by atoms with Crippen LogP contribution in [0.15, 0.2) is 54.6 Å². The van der Waals surface area contributed by atoms with E-state index in [1.54, 1.807) is 23.9 Å². The van der Waals surface area contributed by atoms with Gasteiger partial charge in [-0.3, -0.25) is 4.79 Å². The molecule has 1 aliphatic heterocycles. The van der Waals surface area contributed by atoms with Crippen LogP contribution in [0.3, 0.4) is 0 Å². The lowest BCUT2D eigenvalue weighted by molar-refractivity contribution is -0.323. The van der Waals surface area contributed by atoms with E-state index in [2.05, 4.69) is 12.2 Å². The third-order valence-corrected chi connectivity index (χ3v) is 7.15. The molecule has 2 aromatic rings. The van der Waals surface area contributed by atoms with Crippen LogP contribution >= 0.6 is 11.8 Å². The zero-order valence-electron chi connectivity index (χ0n) is 20.6. The van der Waals surface area contributed by atoms with Crippen molar-refractivity contribution < 1.29 is 34.7 Å². The van der Waals surface area contributed by atoms with E-state index >= 15 is 0 Å². The van der Waals surface area contributed by atoms with Crippen molar-refractivity contribution in [2.75, 3.05) is 31.3 Å². The summed E-state index contributed by atoms with van der Waals surface area (Å²) in [6, 6.07) is 16.9. The minimum absolute atomic E-state index is 0.0689. The Labute approximate surface area is 216 Å². The van der Waals surface area contributed by atoms with Crippen molar-refractivity contribution in [3.63, 3.8) is 0 Å². The molecule has 8 nitrogen and oxygen atoms in total. The van der Waals surface area contributed by atoms with Crippen LogP contribution in [0, 0.1) is 0 Å². The predicted octanol–water partition coefficient (Wildman–Crippen LogP) is 2.19. The average molecular weight is 520 g/mol. The maximum atomic E-state index is 12.6. The molecule has 5 atom stereocenters. The van der Waals surface area contributed by atoms with E-state index in [0.717, 1.165) is 29.1 Å². The Kier molecular flexibility index (Phi) is 11.2. The van der Waals surface area contributed by atoms with Gasteiger partial charge in [-0.2, -0.15) is 11.8 Å². The third kappa shape index (κ3) is 8.01. The molecular formula is C27H37NO7S. The number of benzene rings is 2. The number of nitrogens with one attached hydrogen (secondary N) is 1. The van der Waals surface area contributed by atoms with Crippen LogP contribution in [-0.4, -0.2) is 87.8 Å². The lowest BCUT2D eigenvalue weighted by Crippen LogP contribution is -2.56. The van der Waals surface area contributed by atoms with Crippen LogP contribution in [0.5, 0.6) is 0 Å². The molecule has 0 aliphatic carbocycles. The highest BCUT2D eigenvalue weighted by Crippen LogP contribution is 2.32. The Morgan fingerprint density at radius 1 is 1.17 bits per heavy atom. The lowest BCUT2D eigenvalue weighted by Gasteiger charge is -2.43. The van der Waals surface area contributed by atoms with Crippen LogP contribution in [-0.2, 0) is 9.47 Å². The zero-order valence-corrected chi connectivity index (χ0v) is 21.4. The first kappa shape index (κ1) is 28.6. The van der Waals surface area contributed by atoms with E-state index < -0.39 is 36.8 Å². The highest BCUT2D eigenvalue weighted by atomic mass is 32.2. The van der Waals surface area contributed by atoms with E-state index in [1.807, 2.05) is 42.5 Å². The Bertz CT molecular complexity index is 929. The van der Waals surface area contributed by atoms with Gasteiger partial charge in [0.1, 0.15) is 6.10 Å². The Hall–Kier alpha value is -1.98. The number of hydrogen-bond donors (Lipinski definition) is 5. The third-order valence-electron chi connectivity index (χ3n) is 6.16. The number of aliphatic hydroxyl groups excluding tert-OH is 4. The number of hydrogen-bond acceptors (Lipinski definition) is 8. The van der Waals surface area contributed by atoms with Crippen molar-refractivity contribution in [3.8, 4) is 11.1 Å². The number of carbonyl (C=O) groups is 1. The van der Waals surface area contributed by atoms with Gasteiger partial charge in [-0.1, -0.05) is 49.4 Å². The molecule has 0 aromatic heterocycles. The van der Waals surface area contributed by atoms with Gasteiger partial charge in [-0.15, -0.1) is 0 Å². The van der Waals surface area contributed by atoms with E-state index in [0.29, 0.717) is 12.2 Å². The van der Waals surface area contributed by atoms with Crippen LogP contribution in [0.1, 0.15) is 36.5 Å². The fraction of sp³-hybridized carbons (Fsp3) is 0.519. The molecule has 1 aliphatic rings. The molecule has 1 amide bonds. The smallest absolute Gasteiger partial charge is 0.251 e. The summed E-state index contributed by atoms with van der Waals surface area (Å²) in [6.07, 6.45) is -3.68. The van der Waals surface area contributed by atoms with Gasteiger partial charge >= 0.3 is 0 Å². The molecule has 1 heterocycles. The van der Waals surface area contributed by atoms with Crippen LogP contribution in [0.25, 0.3) is 11.1 Å². The number of carbonyl (C=O) groups excluding carboxylic acids is 1. The largest absolute Gasteiger partial charge is 0.393 e. The summed E-state index contributed by atoms with van der Waals surface area (Å²) in [7, 11) is 0. The first-order valence-corrected chi connectivity index (χ1v) is 13.5. The second-order valence-corrected chi connectivity index (χ2v) is 10.3. The second kappa shape index (κ2) is 14.1. The highest BCUT2D eigenvalue weighted by molar-refractivity contribution is 7.99. The predicted molar refractivity (Wildman–Crippen MR) is 140 cm³/mol. The Balaban J connectivity index is 1.52. The van der Waals surface area contributed by atoms with Crippen molar-refractivity contribution in [1.29, 1.82) is 0 Å². The van der Waals surface area contributed by atoms with Gasteiger partial charge in [-0.25, -0.2) is 0 Å². The molecule has 1 saturated heterocycles. The lowest BCUT2D eigenvalue weighted by atomic mass is 9.93. The zero-order chi connectivity index (χ0) is 26.0. The summed E-state index contributed by atoms with van der Waals surface area (Å²) in [6.45, 7) is 1.71. The van der Waals surface area contributed by atoms with Crippen LogP contribution in [0.4, 0.5) is 0 Å². The van der Waals surface area contributed by atoms with Crippen LogP contribution < -0.4 is 5.32 Å². The molecule has 0 radical (unpaired) electrons. The van der Waals surface area contributed by atoms with Crippen molar-refractivity contribution in [2.45, 2.75) is 56.4 Å². The van der Waals surface area contributed by atoms with Crippen LogP contribution in [0.2, 0.25) is 0 Å². The van der Waals surface area contributed by atoms with E-state index in [-0.39, 0.29) is 25.3 Å². The Morgan fingerprint density at radius 3 is 2.53 bits per heavy atom. The van der Waals surface area contributed by atoms with E-state index in [9.17, 15) is 25.2 Å².